The topological polar surface area (TPSA) is 87.6 Å². The number of thiophene rings is 1. The van der Waals surface area contributed by atoms with Crippen molar-refractivity contribution in [3.63, 3.8) is 0 Å². The van der Waals surface area contributed by atoms with Crippen LogP contribution in [0.4, 0.5) is 10.1 Å². The van der Waals surface area contributed by atoms with Gasteiger partial charge in [0.05, 0.1) is 16.2 Å². The van der Waals surface area contributed by atoms with Gasteiger partial charge < -0.3 is 5.32 Å². The largest absolute Gasteiger partial charge is 0.322 e. The Morgan fingerprint density at radius 1 is 1.09 bits per heavy atom. The molecule has 166 valence electrons. The number of carbonyl (C=O) groups excluding carboxylic acids is 1. The Labute approximate surface area is 190 Å². The normalized spacial score (nSPS) is 14.0. The Hall–Kier alpha value is -3.04. The van der Waals surface area contributed by atoms with Crippen molar-refractivity contribution in [1.29, 1.82) is 0 Å². The second-order valence-corrected chi connectivity index (χ2v) is 10.2. The van der Waals surface area contributed by atoms with Crippen LogP contribution in [0.3, 0.4) is 0 Å². The van der Waals surface area contributed by atoms with Gasteiger partial charge in [0.15, 0.2) is 0 Å². The molecule has 0 spiro atoms. The highest BCUT2D eigenvalue weighted by atomic mass is 32.2. The molecule has 4 rings (SSSR count). The van der Waals surface area contributed by atoms with Crippen molar-refractivity contribution in [2.24, 2.45) is 5.10 Å². The third-order valence-corrected chi connectivity index (χ3v) is 7.61. The van der Waals surface area contributed by atoms with Gasteiger partial charge in [0, 0.05) is 15.9 Å². The average molecular weight is 472 g/mol. The van der Waals surface area contributed by atoms with Gasteiger partial charge in [0.2, 0.25) is 0 Å². The lowest BCUT2D eigenvalue weighted by Crippen LogP contribution is -2.20. The first-order valence-electron chi connectivity index (χ1n) is 10.2. The molecule has 0 saturated heterocycles. The number of amides is 1. The number of rotatable bonds is 6. The molecule has 1 aliphatic carbocycles. The van der Waals surface area contributed by atoms with Crippen molar-refractivity contribution in [2.75, 3.05) is 5.32 Å². The summed E-state index contributed by atoms with van der Waals surface area (Å²) in [5.41, 5.74) is 3.55. The second kappa shape index (κ2) is 9.22. The van der Waals surface area contributed by atoms with E-state index in [9.17, 15) is 17.6 Å². The van der Waals surface area contributed by atoms with Crippen molar-refractivity contribution in [3.8, 4) is 0 Å². The summed E-state index contributed by atoms with van der Waals surface area (Å²) in [6.07, 6.45) is 4.23. The molecule has 0 fully saturated rings. The first kappa shape index (κ1) is 22.2. The van der Waals surface area contributed by atoms with Gasteiger partial charge in [0.25, 0.3) is 15.9 Å². The zero-order valence-electron chi connectivity index (χ0n) is 17.4. The molecule has 32 heavy (non-hydrogen) atoms. The van der Waals surface area contributed by atoms with E-state index in [2.05, 4.69) is 15.2 Å². The van der Waals surface area contributed by atoms with Gasteiger partial charge in [-0.3, -0.25) is 4.79 Å². The standard InChI is InChI=1S/C23H22FN3O3S2/c1-15(26-27-32(29,30)19-11-9-17(24)10-12-19)16-5-4-6-18(13-16)25-23(28)21-14-31-22-8-3-2-7-20(21)22/h4-6,9-14,27H,2-3,7-8H2,1H3,(H,25,28)/b26-15+. The fourth-order valence-electron chi connectivity index (χ4n) is 3.56. The summed E-state index contributed by atoms with van der Waals surface area (Å²) in [4.78, 5) is 16.2. The number of anilines is 1. The summed E-state index contributed by atoms with van der Waals surface area (Å²) in [6, 6.07) is 11.5. The Bertz CT molecular complexity index is 1280. The van der Waals surface area contributed by atoms with E-state index < -0.39 is 15.8 Å². The minimum Gasteiger partial charge on any atom is -0.322 e. The van der Waals surface area contributed by atoms with E-state index in [1.165, 1.54) is 23.4 Å². The number of hydrogen-bond acceptors (Lipinski definition) is 5. The lowest BCUT2D eigenvalue weighted by molar-refractivity contribution is 0.102. The number of sulfonamides is 1. The SMILES string of the molecule is C/C(=N\NS(=O)(=O)c1ccc(F)cc1)c1cccc(NC(=O)c2csc3c2CCCC3)c1. The molecule has 6 nitrogen and oxygen atoms in total. The molecule has 0 saturated carbocycles. The van der Waals surface area contributed by atoms with Gasteiger partial charge in [-0.15, -0.1) is 11.3 Å². The molecule has 1 aromatic heterocycles. The van der Waals surface area contributed by atoms with Gasteiger partial charge in [0.1, 0.15) is 5.82 Å². The highest BCUT2D eigenvalue weighted by molar-refractivity contribution is 7.89. The van der Waals surface area contributed by atoms with E-state index in [-0.39, 0.29) is 10.8 Å². The first-order valence-corrected chi connectivity index (χ1v) is 12.5. The summed E-state index contributed by atoms with van der Waals surface area (Å²) in [5.74, 6) is -0.668. The number of hydrogen-bond donors (Lipinski definition) is 2. The van der Waals surface area contributed by atoms with Crippen LogP contribution in [0.5, 0.6) is 0 Å². The first-order chi connectivity index (χ1) is 15.3. The Morgan fingerprint density at radius 3 is 2.62 bits per heavy atom. The molecule has 1 aliphatic rings. The summed E-state index contributed by atoms with van der Waals surface area (Å²) in [7, 11) is -3.92. The molecule has 0 bridgehead atoms. The number of halogens is 1. The van der Waals surface area contributed by atoms with E-state index in [0.717, 1.165) is 42.5 Å². The van der Waals surface area contributed by atoms with Crippen LogP contribution in [0.1, 0.15) is 46.1 Å². The average Bonchev–Trinajstić information content (AvgIpc) is 3.22. The molecule has 3 aromatic rings. The predicted molar refractivity (Wildman–Crippen MR) is 124 cm³/mol. The van der Waals surface area contributed by atoms with Crippen molar-refractivity contribution in [3.05, 3.63) is 81.3 Å². The number of nitrogens with one attached hydrogen (secondary N) is 2. The van der Waals surface area contributed by atoms with Crippen molar-refractivity contribution in [2.45, 2.75) is 37.5 Å². The van der Waals surface area contributed by atoms with Gasteiger partial charge >= 0.3 is 0 Å². The molecule has 1 amide bonds. The zero-order chi connectivity index (χ0) is 22.7. The van der Waals surface area contributed by atoms with Gasteiger partial charge in [-0.25, -0.2) is 4.39 Å². The van der Waals surface area contributed by atoms with Crippen LogP contribution in [-0.4, -0.2) is 20.0 Å². The Kier molecular flexibility index (Phi) is 6.38. The molecule has 1 heterocycles. The Balaban J connectivity index is 1.48. The number of nitrogens with zero attached hydrogens (tertiary/aromatic N) is 1. The van der Waals surface area contributed by atoms with Crippen LogP contribution in [0, 0.1) is 5.82 Å². The summed E-state index contributed by atoms with van der Waals surface area (Å²) < 4.78 is 37.7. The van der Waals surface area contributed by atoms with Crippen molar-refractivity contribution < 1.29 is 17.6 Å². The maximum atomic E-state index is 13.0. The van der Waals surface area contributed by atoms with Gasteiger partial charge in [-0.05, 0) is 80.1 Å². The molecule has 0 unspecified atom stereocenters. The molecule has 2 aromatic carbocycles. The van der Waals surface area contributed by atoms with E-state index in [0.29, 0.717) is 17.0 Å². The lowest BCUT2D eigenvalue weighted by atomic mass is 9.95. The van der Waals surface area contributed by atoms with Gasteiger partial charge in [-0.2, -0.15) is 18.4 Å². The van der Waals surface area contributed by atoms with Crippen LogP contribution in [0.15, 0.2) is 63.9 Å². The van der Waals surface area contributed by atoms with Gasteiger partial charge in [-0.1, -0.05) is 12.1 Å². The fourth-order valence-corrected chi connectivity index (χ4v) is 5.55. The van der Waals surface area contributed by atoms with Crippen molar-refractivity contribution >= 4 is 38.7 Å². The number of hydrazone groups is 1. The third kappa shape index (κ3) is 4.89. The monoisotopic (exact) mass is 471 g/mol. The molecular formula is C23H22FN3O3S2. The van der Waals surface area contributed by atoms with E-state index in [4.69, 9.17) is 0 Å². The smallest absolute Gasteiger partial charge is 0.276 e. The number of carbonyl (C=O) groups is 1. The summed E-state index contributed by atoms with van der Waals surface area (Å²) in [6.45, 7) is 1.66. The molecule has 0 atom stereocenters. The summed E-state index contributed by atoms with van der Waals surface area (Å²) >= 11 is 1.64. The number of aryl methyl sites for hydroxylation is 1. The van der Waals surface area contributed by atoms with Crippen molar-refractivity contribution in [1.82, 2.24) is 4.83 Å². The predicted octanol–water partition coefficient (Wildman–Crippen LogP) is 4.72. The molecule has 2 N–H and O–H groups in total. The highest BCUT2D eigenvalue weighted by Crippen LogP contribution is 2.30. The molecule has 0 radical (unpaired) electrons. The minimum atomic E-state index is -3.92. The van der Waals surface area contributed by atoms with E-state index in [1.807, 2.05) is 5.38 Å². The Morgan fingerprint density at radius 2 is 1.84 bits per heavy atom. The molecule has 9 heteroatoms. The number of fused-ring (bicyclic) bond motifs is 1. The maximum Gasteiger partial charge on any atom is 0.276 e. The van der Waals surface area contributed by atoms with Crippen LogP contribution < -0.4 is 10.1 Å². The maximum absolute atomic E-state index is 13.0. The van der Waals surface area contributed by atoms with E-state index in [1.54, 1.807) is 42.5 Å². The fraction of sp³-hybridized carbons (Fsp3) is 0.217. The van der Waals surface area contributed by atoms with E-state index >= 15 is 0 Å². The molecular weight excluding hydrogens is 449 g/mol. The quantitative estimate of drug-likeness (QED) is 0.403. The highest BCUT2D eigenvalue weighted by Gasteiger charge is 2.20. The van der Waals surface area contributed by atoms with Crippen LogP contribution in [0.25, 0.3) is 0 Å². The lowest BCUT2D eigenvalue weighted by Gasteiger charge is -2.13. The zero-order valence-corrected chi connectivity index (χ0v) is 19.0. The van der Waals surface area contributed by atoms with Crippen LogP contribution in [0.2, 0.25) is 0 Å². The van der Waals surface area contributed by atoms with Crippen LogP contribution >= 0.6 is 11.3 Å². The third-order valence-electron chi connectivity index (χ3n) is 5.30. The summed E-state index contributed by atoms with van der Waals surface area (Å²) in [5, 5.41) is 8.82. The minimum absolute atomic E-state index is 0.0874. The number of benzene rings is 2. The molecule has 0 aliphatic heterocycles. The van der Waals surface area contributed by atoms with Crippen LogP contribution in [-0.2, 0) is 22.9 Å². The second-order valence-electron chi connectivity index (χ2n) is 7.54.